The molecule has 6 nitrogen and oxygen atoms in total. The van der Waals surface area contributed by atoms with E-state index in [1.807, 2.05) is 44.2 Å². The van der Waals surface area contributed by atoms with E-state index < -0.39 is 5.97 Å². The van der Waals surface area contributed by atoms with Crippen LogP contribution in [0.25, 0.3) is 0 Å². The third-order valence-corrected chi connectivity index (χ3v) is 3.17. The van der Waals surface area contributed by atoms with E-state index in [9.17, 15) is 9.59 Å². The molecule has 1 heterocycles. The number of nitrogens with zero attached hydrogens (tertiary/aromatic N) is 2. The number of carboxylic acids is 1. The highest BCUT2D eigenvalue weighted by Crippen LogP contribution is 2.13. The Kier molecular flexibility index (Phi) is 5.89. The molecule has 0 radical (unpaired) electrons. The highest BCUT2D eigenvalue weighted by atomic mass is 16.5. The molecule has 24 heavy (non-hydrogen) atoms. The first-order valence-corrected chi connectivity index (χ1v) is 7.63. The van der Waals surface area contributed by atoms with E-state index in [-0.39, 0.29) is 25.1 Å². The van der Waals surface area contributed by atoms with Crippen molar-refractivity contribution in [1.29, 1.82) is 0 Å². The number of hydrogen-bond donors (Lipinski definition) is 1. The van der Waals surface area contributed by atoms with Crippen LogP contribution in [0.2, 0.25) is 0 Å². The molecule has 0 aliphatic rings. The Bertz CT molecular complexity index is 684. The van der Waals surface area contributed by atoms with Crippen LogP contribution in [0.15, 0.2) is 48.7 Å². The summed E-state index contributed by atoms with van der Waals surface area (Å²) in [5.41, 5.74) is 1.18. The maximum absolute atomic E-state index is 12.6. The van der Waals surface area contributed by atoms with Crippen molar-refractivity contribution in [3.05, 3.63) is 59.8 Å². The van der Waals surface area contributed by atoms with Gasteiger partial charge in [0.2, 0.25) is 5.88 Å². The monoisotopic (exact) mass is 328 g/mol. The fourth-order valence-electron chi connectivity index (χ4n) is 2.17. The fraction of sp³-hybridized carbons (Fsp3) is 0.278. The average Bonchev–Trinajstić information content (AvgIpc) is 2.54. The number of carbonyl (C=O) groups excluding carboxylic acids is 1. The highest BCUT2D eigenvalue weighted by molar-refractivity contribution is 5.95. The molecule has 126 valence electrons. The van der Waals surface area contributed by atoms with Crippen LogP contribution < -0.4 is 4.74 Å². The molecule has 2 rings (SSSR count). The highest BCUT2D eigenvalue weighted by Gasteiger charge is 2.19. The summed E-state index contributed by atoms with van der Waals surface area (Å²) in [7, 11) is 0. The van der Waals surface area contributed by atoms with Crippen molar-refractivity contribution in [3.63, 3.8) is 0 Å². The molecule has 1 aromatic carbocycles. The van der Waals surface area contributed by atoms with E-state index in [0.717, 1.165) is 5.56 Å². The molecular formula is C18H20N2O4. The van der Waals surface area contributed by atoms with E-state index in [1.165, 1.54) is 11.1 Å². The normalized spacial score (nSPS) is 10.5. The van der Waals surface area contributed by atoms with Gasteiger partial charge in [-0.15, -0.1) is 0 Å². The van der Waals surface area contributed by atoms with E-state index in [2.05, 4.69) is 4.98 Å². The van der Waals surface area contributed by atoms with Crippen LogP contribution in [-0.4, -0.2) is 39.5 Å². The van der Waals surface area contributed by atoms with Crippen molar-refractivity contribution in [2.75, 3.05) is 6.54 Å². The van der Waals surface area contributed by atoms with Gasteiger partial charge in [0.15, 0.2) is 0 Å². The number of ether oxygens (including phenoxy) is 1. The van der Waals surface area contributed by atoms with E-state index in [0.29, 0.717) is 11.4 Å². The molecule has 0 spiro atoms. The maximum atomic E-state index is 12.6. The van der Waals surface area contributed by atoms with Crippen LogP contribution in [0.3, 0.4) is 0 Å². The molecule has 0 atom stereocenters. The molecule has 0 aliphatic carbocycles. The summed E-state index contributed by atoms with van der Waals surface area (Å²) in [5.74, 6) is -1.02. The minimum atomic E-state index is -1.06. The quantitative estimate of drug-likeness (QED) is 0.845. The predicted octanol–water partition coefficient (Wildman–Crippen LogP) is 2.60. The SMILES string of the molecule is CC(C)Oc1ccc(C(=O)N(CC(=O)O)Cc2ccccc2)cn1. The van der Waals surface area contributed by atoms with Crippen LogP contribution in [0, 0.1) is 0 Å². The van der Waals surface area contributed by atoms with Crippen LogP contribution >= 0.6 is 0 Å². The van der Waals surface area contributed by atoms with E-state index in [1.54, 1.807) is 12.1 Å². The third-order valence-electron chi connectivity index (χ3n) is 3.17. The Morgan fingerprint density at radius 2 is 1.88 bits per heavy atom. The number of hydrogen-bond acceptors (Lipinski definition) is 4. The van der Waals surface area contributed by atoms with Crippen LogP contribution in [0.4, 0.5) is 0 Å². The largest absolute Gasteiger partial charge is 0.480 e. The summed E-state index contributed by atoms with van der Waals surface area (Å²) in [6.45, 7) is 3.61. The lowest BCUT2D eigenvalue weighted by Gasteiger charge is -2.21. The van der Waals surface area contributed by atoms with Crippen molar-refractivity contribution >= 4 is 11.9 Å². The minimum Gasteiger partial charge on any atom is -0.480 e. The van der Waals surface area contributed by atoms with Crippen molar-refractivity contribution < 1.29 is 19.4 Å². The van der Waals surface area contributed by atoms with Gasteiger partial charge in [0.05, 0.1) is 11.7 Å². The second kappa shape index (κ2) is 8.10. The lowest BCUT2D eigenvalue weighted by Crippen LogP contribution is -2.35. The second-order valence-electron chi connectivity index (χ2n) is 5.59. The zero-order chi connectivity index (χ0) is 17.5. The molecule has 1 N–H and O–H groups in total. The number of rotatable bonds is 7. The first-order valence-electron chi connectivity index (χ1n) is 7.63. The number of pyridine rings is 1. The summed E-state index contributed by atoms with van der Waals surface area (Å²) in [5, 5.41) is 9.07. The Balaban J connectivity index is 2.16. The fourth-order valence-corrected chi connectivity index (χ4v) is 2.17. The van der Waals surface area contributed by atoms with Gasteiger partial charge in [0, 0.05) is 18.8 Å². The summed E-state index contributed by atoms with van der Waals surface area (Å²) >= 11 is 0. The molecule has 6 heteroatoms. The van der Waals surface area contributed by atoms with E-state index >= 15 is 0 Å². The van der Waals surface area contributed by atoms with Gasteiger partial charge in [-0.05, 0) is 25.5 Å². The molecule has 2 aromatic rings. The summed E-state index contributed by atoms with van der Waals surface area (Å²) in [6.07, 6.45) is 1.39. The van der Waals surface area contributed by atoms with Gasteiger partial charge >= 0.3 is 5.97 Å². The molecular weight excluding hydrogens is 308 g/mol. The molecule has 0 saturated heterocycles. The molecule has 0 fully saturated rings. The smallest absolute Gasteiger partial charge is 0.323 e. The number of amides is 1. The molecule has 0 aliphatic heterocycles. The number of aromatic nitrogens is 1. The van der Waals surface area contributed by atoms with Gasteiger partial charge in [-0.1, -0.05) is 30.3 Å². The summed E-state index contributed by atoms with van der Waals surface area (Å²) in [4.78, 5) is 29.0. The van der Waals surface area contributed by atoms with Gasteiger partial charge in [-0.25, -0.2) is 4.98 Å². The lowest BCUT2D eigenvalue weighted by molar-refractivity contribution is -0.137. The van der Waals surface area contributed by atoms with Gasteiger partial charge in [-0.3, -0.25) is 9.59 Å². The molecule has 0 unspecified atom stereocenters. The van der Waals surface area contributed by atoms with Gasteiger partial charge in [0.1, 0.15) is 6.54 Å². The average molecular weight is 328 g/mol. The standard InChI is InChI=1S/C18H20N2O4/c1-13(2)24-16-9-8-15(10-19-16)18(23)20(12-17(21)22)11-14-6-4-3-5-7-14/h3-10,13H,11-12H2,1-2H3,(H,21,22). The second-order valence-corrected chi connectivity index (χ2v) is 5.59. The first kappa shape index (κ1) is 17.5. The number of carbonyl (C=O) groups is 2. The van der Waals surface area contributed by atoms with Crippen molar-refractivity contribution in [3.8, 4) is 5.88 Å². The number of carboxylic acid groups (broad SMARTS) is 1. The van der Waals surface area contributed by atoms with Crippen molar-refractivity contribution in [2.45, 2.75) is 26.5 Å². The van der Waals surface area contributed by atoms with Gasteiger partial charge < -0.3 is 14.7 Å². The lowest BCUT2D eigenvalue weighted by atomic mass is 10.2. The zero-order valence-electron chi connectivity index (χ0n) is 13.7. The van der Waals surface area contributed by atoms with Crippen LogP contribution in [0.5, 0.6) is 5.88 Å². The maximum Gasteiger partial charge on any atom is 0.323 e. The van der Waals surface area contributed by atoms with Crippen LogP contribution in [-0.2, 0) is 11.3 Å². The molecule has 0 bridgehead atoms. The Morgan fingerprint density at radius 1 is 1.17 bits per heavy atom. The van der Waals surface area contributed by atoms with E-state index in [4.69, 9.17) is 9.84 Å². The minimum absolute atomic E-state index is 0.0133. The topological polar surface area (TPSA) is 79.7 Å². The first-order chi connectivity index (χ1) is 11.5. The molecule has 1 aromatic heterocycles. The van der Waals surface area contributed by atoms with Crippen molar-refractivity contribution in [2.24, 2.45) is 0 Å². The number of benzene rings is 1. The van der Waals surface area contributed by atoms with Gasteiger partial charge in [-0.2, -0.15) is 0 Å². The number of aliphatic carboxylic acids is 1. The Labute approximate surface area is 140 Å². The Hall–Kier alpha value is -2.89. The summed E-state index contributed by atoms with van der Waals surface area (Å²) < 4.78 is 5.44. The summed E-state index contributed by atoms with van der Waals surface area (Å²) in [6, 6.07) is 12.4. The molecule has 1 amide bonds. The van der Waals surface area contributed by atoms with Gasteiger partial charge in [0.25, 0.3) is 5.91 Å². The van der Waals surface area contributed by atoms with Crippen molar-refractivity contribution in [1.82, 2.24) is 9.88 Å². The third kappa shape index (κ3) is 5.08. The predicted molar refractivity (Wildman–Crippen MR) is 88.8 cm³/mol. The zero-order valence-corrected chi connectivity index (χ0v) is 13.7. The Morgan fingerprint density at radius 3 is 2.42 bits per heavy atom. The molecule has 0 saturated carbocycles. The van der Waals surface area contributed by atoms with Crippen LogP contribution in [0.1, 0.15) is 29.8 Å².